The highest BCUT2D eigenvalue weighted by atomic mass is 14.3. The maximum absolute atomic E-state index is 6.14. The Morgan fingerprint density at radius 1 is 1.12 bits per heavy atom. The molecule has 1 aliphatic carbocycles. The van der Waals surface area contributed by atoms with Crippen molar-refractivity contribution in [3.63, 3.8) is 0 Å². The molecule has 1 rings (SSSR count). The molecule has 3 unspecified atom stereocenters. The molecular weight excluding hydrogens is 202 g/mol. The van der Waals surface area contributed by atoms with E-state index in [4.69, 9.17) is 15.7 Å². The van der Waals surface area contributed by atoms with Crippen molar-refractivity contribution in [2.24, 2.45) is 17.8 Å². The molecule has 0 aromatic carbocycles. The minimum Gasteiger partial charge on any atom is -0.0989 e. The second-order valence-corrected chi connectivity index (χ2v) is 6.58. The average Bonchev–Trinajstić information content (AvgIpc) is 2.41. The van der Waals surface area contributed by atoms with Crippen molar-refractivity contribution in [2.75, 3.05) is 0 Å². The van der Waals surface area contributed by atoms with Crippen LogP contribution in [0.3, 0.4) is 0 Å². The van der Waals surface area contributed by atoms with Gasteiger partial charge in [0.05, 0.1) is 15.7 Å². The van der Waals surface area contributed by atoms with Crippen molar-refractivity contribution in [1.29, 1.82) is 0 Å². The molecular formula is C15H28B2. The third-order valence-electron chi connectivity index (χ3n) is 4.47. The van der Waals surface area contributed by atoms with Crippen LogP contribution in [0.25, 0.3) is 0 Å². The van der Waals surface area contributed by atoms with Gasteiger partial charge in [-0.05, 0) is 24.7 Å². The van der Waals surface area contributed by atoms with Crippen LogP contribution in [0.4, 0.5) is 0 Å². The van der Waals surface area contributed by atoms with E-state index in [9.17, 15) is 0 Å². The first-order valence-corrected chi connectivity index (χ1v) is 7.51. The lowest BCUT2D eigenvalue weighted by molar-refractivity contribution is 0.319. The van der Waals surface area contributed by atoms with Crippen molar-refractivity contribution < 1.29 is 0 Å². The first-order valence-electron chi connectivity index (χ1n) is 7.51. The normalized spacial score (nSPS) is 31.1. The highest BCUT2D eigenvalue weighted by Crippen LogP contribution is 2.43. The van der Waals surface area contributed by atoms with Crippen LogP contribution in [-0.4, -0.2) is 15.7 Å². The van der Waals surface area contributed by atoms with Gasteiger partial charge in [0.1, 0.15) is 0 Å². The summed E-state index contributed by atoms with van der Waals surface area (Å²) < 4.78 is 0. The third kappa shape index (κ3) is 5.53. The summed E-state index contributed by atoms with van der Waals surface area (Å²) in [4.78, 5) is 0. The highest BCUT2D eigenvalue weighted by Gasteiger charge is 2.30. The Kier molecular flexibility index (Phi) is 6.17. The Balaban J connectivity index is 2.50. The van der Waals surface area contributed by atoms with E-state index in [0.29, 0.717) is 5.92 Å². The lowest BCUT2D eigenvalue weighted by atomic mass is 9.47. The second-order valence-electron chi connectivity index (χ2n) is 6.58. The molecule has 0 aliphatic heterocycles. The zero-order valence-corrected chi connectivity index (χ0v) is 12.0. The number of hydrogen-bond acceptors (Lipinski definition) is 0. The van der Waals surface area contributed by atoms with Gasteiger partial charge in [-0.15, -0.1) is 0 Å². The molecule has 0 nitrogen and oxygen atoms in total. The minimum atomic E-state index is -0.485. The predicted molar refractivity (Wildman–Crippen MR) is 78.6 cm³/mol. The molecule has 4 radical (unpaired) electrons. The van der Waals surface area contributed by atoms with E-state index in [1.165, 1.54) is 51.4 Å². The Morgan fingerprint density at radius 2 is 1.82 bits per heavy atom. The van der Waals surface area contributed by atoms with E-state index < -0.39 is 5.21 Å². The smallest absolute Gasteiger partial charge is 0.0620 e. The van der Waals surface area contributed by atoms with E-state index in [2.05, 4.69) is 13.8 Å². The molecule has 0 saturated heterocycles. The topological polar surface area (TPSA) is 0 Å². The summed E-state index contributed by atoms with van der Waals surface area (Å²) in [5.74, 6) is 2.16. The Bertz CT molecular complexity index is 207. The molecule has 1 fully saturated rings. The average molecular weight is 230 g/mol. The van der Waals surface area contributed by atoms with Gasteiger partial charge in [0.2, 0.25) is 0 Å². The van der Waals surface area contributed by atoms with E-state index in [1.807, 2.05) is 6.92 Å². The predicted octanol–water partition coefficient (Wildman–Crippen LogP) is 4.48. The molecule has 0 spiro atoms. The molecule has 0 N–H and O–H groups in total. The summed E-state index contributed by atoms with van der Waals surface area (Å²) in [5.41, 5.74) is 0. The second kappa shape index (κ2) is 6.90. The molecule has 0 bridgehead atoms. The SMILES string of the molecule is [B]C([B])(C)C1CC(C)CCC(CCCCC)C1. The van der Waals surface area contributed by atoms with Gasteiger partial charge in [0.15, 0.2) is 0 Å². The maximum atomic E-state index is 6.14. The van der Waals surface area contributed by atoms with Gasteiger partial charge in [0.25, 0.3) is 0 Å². The summed E-state index contributed by atoms with van der Waals surface area (Å²) in [5, 5.41) is -0.485. The number of hydrogen-bond donors (Lipinski definition) is 0. The van der Waals surface area contributed by atoms with Crippen molar-refractivity contribution in [1.82, 2.24) is 0 Å². The van der Waals surface area contributed by atoms with Crippen LogP contribution >= 0.6 is 0 Å². The summed E-state index contributed by atoms with van der Waals surface area (Å²) >= 11 is 0. The van der Waals surface area contributed by atoms with Gasteiger partial charge >= 0.3 is 0 Å². The maximum Gasteiger partial charge on any atom is 0.0620 e. The molecule has 0 aromatic heterocycles. The first kappa shape index (κ1) is 15.2. The van der Waals surface area contributed by atoms with Gasteiger partial charge in [-0.2, -0.15) is 0 Å². The lowest BCUT2D eigenvalue weighted by Gasteiger charge is -2.34. The first-order chi connectivity index (χ1) is 7.93. The van der Waals surface area contributed by atoms with Crippen molar-refractivity contribution in [3.05, 3.63) is 0 Å². The van der Waals surface area contributed by atoms with E-state index in [0.717, 1.165) is 11.8 Å². The van der Waals surface area contributed by atoms with Gasteiger partial charge in [-0.3, -0.25) is 0 Å². The fraction of sp³-hybridized carbons (Fsp3) is 1.00. The summed E-state index contributed by atoms with van der Waals surface area (Å²) in [6.07, 6.45) is 10.7. The van der Waals surface area contributed by atoms with Crippen molar-refractivity contribution in [2.45, 2.75) is 77.4 Å². The Labute approximate surface area is 111 Å². The Morgan fingerprint density at radius 3 is 2.41 bits per heavy atom. The largest absolute Gasteiger partial charge is 0.0989 e. The summed E-state index contributed by atoms with van der Waals surface area (Å²) in [6, 6.07) is 0. The zero-order chi connectivity index (χ0) is 12.9. The van der Waals surface area contributed by atoms with Crippen molar-refractivity contribution in [3.8, 4) is 0 Å². The quantitative estimate of drug-likeness (QED) is 0.371. The van der Waals surface area contributed by atoms with Gasteiger partial charge in [0, 0.05) is 0 Å². The minimum absolute atomic E-state index is 0.485. The Hall–Kier alpha value is 0.130. The molecule has 2 heteroatoms. The fourth-order valence-corrected chi connectivity index (χ4v) is 3.19. The van der Waals surface area contributed by atoms with E-state index in [-0.39, 0.29) is 0 Å². The summed E-state index contributed by atoms with van der Waals surface area (Å²) in [6.45, 7) is 6.63. The van der Waals surface area contributed by atoms with Crippen LogP contribution in [-0.2, 0) is 0 Å². The van der Waals surface area contributed by atoms with Crippen LogP contribution in [0, 0.1) is 17.8 Å². The number of unbranched alkanes of at least 4 members (excludes halogenated alkanes) is 2. The summed E-state index contributed by atoms with van der Waals surface area (Å²) in [7, 11) is 12.3. The van der Waals surface area contributed by atoms with Crippen LogP contribution in [0.1, 0.15) is 72.1 Å². The van der Waals surface area contributed by atoms with Gasteiger partial charge < -0.3 is 0 Å². The molecule has 0 aromatic rings. The van der Waals surface area contributed by atoms with Crippen LogP contribution in [0.5, 0.6) is 0 Å². The van der Waals surface area contributed by atoms with Gasteiger partial charge in [-0.1, -0.05) is 70.4 Å². The molecule has 0 amide bonds. The lowest BCUT2D eigenvalue weighted by Crippen LogP contribution is -2.23. The third-order valence-corrected chi connectivity index (χ3v) is 4.47. The zero-order valence-electron chi connectivity index (χ0n) is 12.0. The van der Waals surface area contributed by atoms with Crippen LogP contribution in [0.15, 0.2) is 0 Å². The van der Waals surface area contributed by atoms with Crippen LogP contribution < -0.4 is 0 Å². The molecule has 3 atom stereocenters. The monoisotopic (exact) mass is 230 g/mol. The fourth-order valence-electron chi connectivity index (χ4n) is 3.19. The van der Waals surface area contributed by atoms with E-state index in [1.54, 1.807) is 0 Å². The molecule has 94 valence electrons. The molecule has 1 saturated carbocycles. The van der Waals surface area contributed by atoms with Gasteiger partial charge in [-0.25, -0.2) is 0 Å². The van der Waals surface area contributed by atoms with E-state index >= 15 is 0 Å². The number of rotatable bonds is 5. The van der Waals surface area contributed by atoms with Crippen LogP contribution in [0.2, 0.25) is 5.21 Å². The molecule has 0 heterocycles. The highest BCUT2D eigenvalue weighted by molar-refractivity contribution is 6.39. The molecule has 17 heavy (non-hydrogen) atoms. The standard InChI is InChI=1S/C15H28B2/c1-4-5-6-7-13-9-8-12(2)10-14(11-13)15(3,16)17/h12-14H,4-11H2,1-3H3. The molecule has 1 aliphatic rings. The van der Waals surface area contributed by atoms with Crippen molar-refractivity contribution >= 4 is 15.7 Å².